The summed E-state index contributed by atoms with van der Waals surface area (Å²) < 4.78 is 13.8. The molecule has 1 fully saturated rings. The van der Waals surface area contributed by atoms with Gasteiger partial charge in [0.1, 0.15) is 16.8 Å². The first-order valence-corrected chi connectivity index (χ1v) is 10.00. The average Bonchev–Trinajstić information content (AvgIpc) is 3.24. The highest BCUT2D eigenvalue weighted by molar-refractivity contribution is 5.96. The molecule has 0 bridgehead atoms. The van der Waals surface area contributed by atoms with Gasteiger partial charge in [-0.2, -0.15) is 0 Å². The van der Waals surface area contributed by atoms with Gasteiger partial charge < -0.3 is 19.4 Å². The van der Waals surface area contributed by atoms with Gasteiger partial charge in [-0.05, 0) is 37.5 Å². The van der Waals surface area contributed by atoms with Gasteiger partial charge in [0.15, 0.2) is 0 Å². The molecule has 4 rings (SSSR count). The van der Waals surface area contributed by atoms with E-state index < -0.39 is 5.91 Å². The van der Waals surface area contributed by atoms with Gasteiger partial charge >= 0.3 is 0 Å². The molecule has 0 unspecified atom stereocenters. The molecule has 30 heavy (non-hydrogen) atoms. The van der Waals surface area contributed by atoms with Crippen molar-refractivity contribution < 1.29 is 14.3 Å². The number of hydrogen-bond donors (Lipinski definition) is 2. The van der Waals surface area contributed by atoms with Crippen LogP contribution in [0.2, 0.25) is 0 Å². The molecule has 0 aliphatic carbocycles. The molecule has 0 aromatic carbocycles. The number of methoxy groups -OCH3 is 1. The molecular weight excluding hydrogens is 386 g/mol. The molecule has 158 valence electrons. The minimum absolute atomic E-state index is 0.0118. The second kappa shape index (κ2) is 8.37. The van der Waals surface area contributed by atoms with E-state index in [1.165, 1.54) is 10.5 Å². The van der Waals surface area contributed by atoms with Crippen molar-refractivity contribution in [1.82, 2.24) is 19.3 Å². The lowest BCUT2D eigenvalue weighted by molar-refractivity contribution is 0.0921. The third-order valence-corrected chi connectivity index (χ3v) is 5.38. The number of nitrogens with zero attached hydrogens (tertiary/aromatic N) is 3. The fourth-order valence-corrected chi connectivity index (χ4v) is 3.80. The van der Waals surface area contributed by atoms with Crippen LogP contribution < -0.4 is 16.4 Å². The number of ether oxygens (including phenoxy) is 2. The van der Waals surface area contributed by atoms with Crippen LogP contribution in [-0.4, -0.2) is 52.8 Å². The van der Waals surface area contributed by atoms with Gasteiger partial charge in [-0.15, -0.1) is 0 Å². The van der Waals surface area contributed by atoms with Gasteiger partial charge in [0.25, 0.3) is 11.5 Å². The highest BCUT2D eigenvalue weighted by atomic mass is 16.5. The Morgan fingerprint density at radius 1 is 1.43 bits per heavy atom. The second-order valence-electron chi connectivity index (χ2n) is 7.44. The largest absolute Gasteiger partial charge is 0.383 e. The molecule has 9 nitrogen and oxygen atoms in total. The number of aromatic nitrogens is 3. The predicted molar refractivity (Wildman–Crippen MR) is 111 cm³/mol. The Morgan fingerprint density at radius 2 is 2.27 bits per heavy atom. The molecule has 1 saturated heterocycles. The smallest absolute Gasteiger partial charge is 0.267 e. The Morgan fingerprint density at radius 3 is 3.00 bits per heavy atom. The maximum Gasteiger partial charge on any atom is 0.267 e. The third-order valence-electron chi connectivity index (χ3n) is 5.38. The zero-order valence-electron chi connectivity index (χ0n) is 17.1. The molecule has 0 radical (unpaired) electrons. The molecule has 1 atom stereocenters. The minimum Gasteiger partial charge on any atom is -0.383 e. The summed E-state index contributed by atoms with van der Waals surface area (Å²) in [6.07, 6.45) is 3.40. The van der Waals surface area contributed by atoms with E-state index in [-0.39, 0.29) is 22.7 Å². The Balaban J connectivity index is 1.95. The quantitative estimate of drug-likeness (QED) is 0.464. The summed E-state index contributed by atoms with van der Waals surface area (Å²) >= 11 is 0. The molecule has 1 amide bonds. The van der Waals surface area contributed by atoms with Gasteiger partial charge in [0.05, 0.1) is 30.2 Å². The molecule has 1 aliphatic rings. The third kappa shape index (κ3) is 3.61. The van der Waals surface area contributed by atoms with E-state index in [0.29, 0.717) is 43.0 Å². The van der Waals surface area contributed by atoms with Gasteiger partial charge in [-0.1, -0.05) is 6.07 Å². The number of rotatable bonds is 6. The van der Waals surface area contributed by atoms with Crippen LogP contribution in [0.15, 0.2) is 29.2 Å². The highest BCUT2D eigenvalue weighted by Gasteiger charge is 2.22. The number of amides is 1. The van der Waals surface area contributed by atoms with Crippen LogP contribution in [0.3, 0.4) is 0 Å². The van der Waals surface area contributed by atoms with Crippen LogP contribution in [-0.2, 0) is 16.0 Å². The Bertz CT molecular complexity index is 1220. The Labute approximate surface area is 172 Å². The number of hydrogen-bond acceptors (Lipinski definition) is 6. The van der Waals surface area contributed by atoms with Crippen molar-refractivity contribution in [3.63, 3.8) is 0 Å². The number of carbonyl (C=O) groups is 1. The molecular formula is C21H25N5O4. The molecule has 9 heteroatoms. The summed E-state index contributed by atoms with van der Waals surface area (Å²) in [5.74, 6) is -0.422. The molecule has 2 N–H and O–H groups in total. The van der Waals surface area contributed by atoms with Gasteiger partial charge in [-0.25, -0.2) is 4.98 Å². The van der Waals surface area contributed by atoms with E-state index in [1.807, 2.05) is 13.0 Å². The van der Waals surface area contributed by atoms with E-state index in [1.54, 1.807) is 23.9 Å². The summed E-state index contributed by atoms with van der Waals surface area (Å²) in [6.45, 7) is 3.59. The van der Waals surface area contributed by atoms with Crippen LogP contribution in [0, 0.1) is 12.3 Å². The van der Waals surface area contributed by atoms with Crippen molar-refractivity contribution >= 4 is 22.6 Å². The van der Waals surface area contributed by atoms with E-state index in [4.69, 9.17) is 19.9 Å². The summed E-state index contributed by atoms with van der Waals surface area (Å²) in [6, 6.07) is 5.14. The molecule has 4 heterocycles. The lowest BCUT2D eigenvalue weighted by Gasteiger charge is -2.17. The Hall–Kier alpha value is -3.04. The van der Waals surface area contributed by atoms with E-state index in [9.17, 15) is 9.59 Å². The van der Waals surface area contributed by atoms with Crippen LogP contribution in [0.1, 0.15) is 28.8 Å². The van der Waals surface area contributed by atoms with Gasteiger partial charge in [0, 0.05) is 26.5 Å². The average molecular weight is 411 g/mol. The number of pyridine rings is 2. The fraction of sp³-hybridized carbons (Fsp3) is 0.429. The minimum atomic E-state index is -0.422. The topological polar surface area (TPSA) is 111 Å². The van der Waals surface area contributed by atoms with Crippen LogP contribution >= 0.6 is 0 Å². The van der Waals surface area contributed by atoms with Crippen LogP contribution in [0.4, 0.5) is 0 Å². The summed E-state index contributed by atoms with van der Waals surface area (Å²) in [5, 5.41) is 11.7. The van der Waals surface area contributed by atoms with Crippen molar-refractivity contribution in [2.24, 2.45) is 0 Å². The standard InChI is InChI=1S/C21H25N5O4/c1-13-5-3-8-25-18(13)24-19-16(21(25)28)11-15(20(27)23-7-10-29-2)17(22)26(19)12-14-6-4-9-30-14/h3,5,8,11,14,22H,4,6-7,9-10,12H2,1-2H3,(H,23,27)/t14-/m0/s1. The lowest BCUT2D eigenvalue weighted by Crippen LogP contribution is -2.37. The number of fused-ring (bicyclic) bond motifs is 2. The highest BCUT2D eigenvalue weighted by Crippen LogP contribution is 2.17. The summed E-state index contributed by atoms with van der Waals surface area (Å²) in [7, 11) is 1.55. The SMILES string of the molecule is COCCNC(=O)c1cc2c(=O)n3cccc(C)c3nc2n(C[C@@H]2CCCO2)c1=N. The van der Waals surface area contributed by atoms with Crippen molar-refractivity contribution in [2.75, 3.05) is 26.9 Å². The summed E-state index contributed by atoms with van der Waals surface area (Å²) in [4.78, 5) is 30.7. The maximum atomic E-state index is 13.2. The fourth-order valence-electron chi connectivity index (χ4n) is 3.80. The predicted octanol–water partition coefficient (Wildman–Crippen LogP) is 0.992. The monoisotopic (exact) mass is 411 g/mol. The van der Waals surface area contributed by atoms with Crippen LogP contribution in [0.25, 0.3) is 16.7 Å². The van der Waals surface area contributed by atoms with Crippen LogP contribution in [0.5, 0.6) is 0 Å². The van der Waals surface area contributed by atoms with E-state index >= 15 is 0 Å². The van der Waals surface area contributed by atoms with Crippen molar-refractivity contribution in [2.45, 2.75) is 32.4 Å². The zero-order valence-corrected chi connectivity index (χ0v) is 17.1. The maximum absolute atomic E-state index is 13.2. The molecule has 1 aliphatic heterocycles. The van der Waals surface area contributed by atoms with Crippen molar-refractivity contribution in [1.29, 1.82) is 5.41 Å². The van der Waals surface area contributed by atoms with Gasteiger partial charge in [-0.3, -0.25) is 19.4 Å². The first-order valence-electron chi connectivity index (χ1n) is 10.00. The molecule has 3 aromatic rings. The van der Waals surface area contributed by atoms with E-state index in [0.717, 1.165) is 18.4 Å². The number of carbonyl (C=O) groups excluding carboxylic acids is 1. The van der Waals surface area contributed by atoms with E-state index in [2.05, 4.69) is 5.32 Å². The number of nitrogens with one attached hydrogen (secondary N) is 2. The second-order valence-corrected chi connectivity index (χ2v) is 7.44. The molecule has 0 spiro atoms. The van der Waals surface area contributed by atoms with Gasteiger partial charge in [0.2, 0.25) is 0 Å². The summed E-state index contributed by atoms with van der Waals surface area (Å²) in [5.41, 5.74) is 1.65. The molecule has 0 saturated carbocycles. The molecule has 3 aromatic heterocycles. The van der Waals surface area contributed by atoms with Crippen molar-refractivity contribution in [3.8, 4) is 0 Å². The van der Waals surface area contributed by atoms with Crippen molar-refractivity contribution in [3.05, 3.63) is 51.4 Å². The first kappa shape index (κ1) is 20.2. The zero-order chi connectivity index (χ0) is 21.3. The Kier molecular flexibility index (Phi) is 5.65. The normalized spacial score (nSPS) is 16.4. The lowest BCUT2D eigenvalue weighted by atomic mass is 10.1. The first-order chi connectivity index (χ1) is 14.5. The number of aryl methyl sites for hydroxylation is 1.